The fourth-order valence-corrected chi connectivity index (χ4v) is 3.48. The number of hydrogen-bond acceptors (Lipinski definition) is 2. The minimum Gasteiger partial charge on any atom is -0.381 e. The fourth-order valence-electron chi connectivity index (χ4n) is 3.48. The van der Waals surface area contributed by atoms with E-state index >= 15 is 0 Å². The molecule has 1 saturated carbocycles. The molecule has 2 aliphatic rings. The van der Waals surface area contributed by atoms with Gasteiger partial charge in [0.25, 0.3) is 0 Å². The van der Waals surface area contributed by atoms with E-state index in [1.54, 1.807) is 0 Å². The van der Waals surface area contributed by atoms with Crippen molar-refractivity contribution in [2.75, 3.05) is 26.8 Å². The van der Waals surface area contributed by atoms with Gasteiger partial charge in [-0.05, 0) is 46.2 Å². The monoisotopic (exact) mass is 197 g/mol. The Morgan fingerprint density at radius 1 is 1.36 bits per heavy atom. The summed E-state index contributed by atoms with van der Waals surface area (Å²) >= 11 is 0. The number of ether oxygens (including phenoxy) is 1. The Morgan fingerprint density at radius 3 is 2.93 bits per heavy atom. The molecule has 14 heavy (non-hydrogen) atoms. The lowest BCUT2D eigenvalue weighted by Gasteiger charge is -2.44. The summed E-state index contributed by atoms with van der Waals surface area (Å²) in [7, 11) is 2.29. The third-order valence-corrected chi connectivity index (χ3v) is 4.17. The maximum absolute atomic E-state index is 5.70. The molecule has 2 heteroatoms. The Bertz CT molecular complexity index is 195. The van der Waals surface area contributed by atoms with Crippen molar-refractivity contribution < 1.29 is 4.74 Å². The van der Waals surface area contributed by atoms with E-state index in [9.17, 15) is 0 Å². The molecule has 1 heterocycles. The molecule has 2 rings (SSSR count). The van der Waals surface area contributed by atoms with Crippen LogP contribution in [-0.2, 0) is 4.74 Å². The van der Waals surface area contributed by atoms with Gasteiger partial charge in [0.05, 0.1) is 6.61 Å². The smallest absolute Gasteiger partial charge is 0.0537 e. The van der Waals surface area contributed by atoms with E-state index in [1.165, 1.54) is 38.6 Å². The molecule has 2 nitrogen and oxygen atoms in total. The van der Waals surface area contributed by atoms with Crippen LogP contribution in [0.5, 0.6) is 0 Å². The van der Waals surface area contributed by atoms with Gasteiger partial charge in [-0.3, -0.25) is 0 Å². The molecule has 0 unspecified atom stereocenters. The molecule has 0 N–H and O–H groups in total. The van der Waals surface area contributed by atoms with Gasteiger partial charge >= 0.3 is 0 Å². The maximum Gasteiger partial charge on any atom is 0.0537 e. The van der Waals surface area contributed by atoms with Crippen LogP contribution < -0.4 is 0 Å². The van der Waals surface area contributed by atoms with Crippen LogP contribution in [-0.4, -0.2) is 37.7 Å². The molecule has 0 amide bonds. The first-order valence-corrected chi connectivity index (χ1v) is 6.06. The maximum atomic E-state index is 5.70. The lowest BCUT2D eigenvalue weighted by molar-refractivity contribution is -0.0230. The summed E-state index contributed by atoms with van der Waals surface area (Å²) in [4.78, 5) is 2.56. The number of piperidine rings is 1. The zero-order valence-corrected chi connectivity index (χ0v) is 9.59. The van der Waals surface area contributed by atoms with Crippen LogP contribution >= 0.6 is 0 Å². The van der Waals surface area contributed by atoms with Crippen molar-refractivity contribution >= 4 is 0 Å². The van der Waals surface area contributed by atoms with Crippen LogP contribution in [0.1, 0.15) is 39.0 Å². The third kappa shape index (κ3) is 1.70. The molecule has 1 saturated heterocycles. The molecule has 0 aromatic carbocycles. The molecule has 0 spiro atoms. The molecule has 82 valence electrons. The van der Waals surface area contributed by atoms with Gasteiger partial charge in [-0.15, -0.1) is 0 Å². The van der Waals surface area contributed by atoms with Gasteiger partial charge in [0.2, 0.25) is 0 Å². The molecule has 2 fully saturated rings. The summed E-state index contributed by atoms with van der Waals surface area (Å²) in [6.07, 6.45) is 6.94. The Balaban J connectivity index is 2.05. The lowest BCUT2D eigenvalue weighted by Crippen LogP contribution is -2.49. The average molecular weight is 197 g/mol. The standard InChI is InChI=1S/C12H23NO/c1-3-14-10-12-7-4-6-11(12)13(2)9-5-8-12/h11H,3-10H2,1-2H3/t11-,12-/m1/s1. The van der Waals surface area contributed by atoms with Crippen LogP contribution in [0, 0.1) is 5.41 Å². The number of nitrogens with zero attached hydrogens (tertiary/aromatic N) is 1. The predicted octanol–water partition coefficient (Wildman–Crippen LogP) is 2.29. The number of rotatable bonds is 3. The topological polar surface area (TPSA) is 12.5 Å². The van der Waals surface area contributed by atoms with Gasteiger partial charge in [0.1, 0.15) is 0 Å². The highest BCUT2D eigenvalue weighted by Crippen LogP contribution is 2.47. The summed E-state index contributed by atoms with van der Waals surface area (Å²) in [6, 6.07) is 0.808. The van der Waals surface area contributed by atoms with Crippen LogP contribution in [0.4, 0.5) is 0 Å². The second-order valence-corrected chi connectivity index (χ2v) is 4.99. The molecule has 0 bridgehead atoms. The molecule has 0 aromatic heterocycles. The second kappa shape index (κ2) is 4.19. The van der Waals surface area contributed by atoms with Crippen molar-refractivity contribution in [2.45, 2.75) is 45.1 Å². The van der Waals surface area contributed by atoms with E-state index in [0.29, 0.717) is 5.41 Å². The van der Waals surface area contributed by atoms with E-state index < -0.39 is 0 Å². The number of hydrogen-bond donors (Lipinski definition) is 0. The molecule has 0 aromatic rings. The van der Waals surface area contributed by atoms with Crippen molar-refractivity contribution in [2.24, 2.45) is 5.41 Å². The van der Waals surface area contributed by atoms with Gasteiger partial charge in [-0.1, -0.05) is 6.42 Å². The van der Waals surface area contributed by atoms with Gasteiger partial charge in [-0.25, -0.2) is 0 Å². The largest absolute Gasteiger partial charge is 0.381 e. The molecule has 1 aliphatic carbocycles. The molecule has 1 aliphatic heterocycles. The average Bonchev–Trinajstić information content (AvgIpc) is 2.60. The highest BCUT2D eigenvalue weighted by molar-refractivity contribution is 4.99. The highest BCUT2D eigenvalue weighted by Gasteiger charge is 2.46. The van der Waals surface area contributed by atoms with E-state index in [4.69, 9.17) is 4.74 Å². The van der Waals surface area contributed by atoms with E-state index in [-0.39, 0.29) is 0 Å². The first-order valence-electron chi connectivity index (χ1n) is 6.06. The van der Waals surface area contributed by atoms with Crippen molar-refractivity contribution in [3.05, 3.63) is 0 Å². The SMILES string of the molecule is CCOC[C@]12CCC[C@H]1N(C)CCC2. The van der Waals surface area contributed by atoms with Crippen LogP contribution in [0.2, 0.25) is 0 Å². The summed E-state index contributed by atoms with van der Waals surface area (Å²) in [5.41, 5.74) is 0.517. The summed E-state index contributed by atoms with van der Waals surface area (Å²) in [5.74, 6) is 0. The van der Waals surface area contributed by atoms with E-state index in [0.717, 1.165) is 19.3 Å². The van der Waals surface area contributed by atoms with Crippen LogP contribution in [0.25, 0.3) is 0 Å². The summed E-state index contributed by atoms with van der Waals surface area (Å²) in [6.45, 7) is 5.27. The minimum absolute atomic E-state index is 0.517. The normalized spacial score (nSPS) is 38.6. The van der Waals surface area contributed by atoms with Crippen molar-refractivity contribution in [3.63, 3.8) is 0 Å². The number of likely N-dealkylation sites (tertiary alicyclic amines) is 1. The zero-order valence-electron chi connectivity index (χ0n) is 9.59. The van der Waals surface area contributed by atoms with E-state index in [2.05, 4.69) is 18.9 Å². The van der Waals surface area contributed by atoms with Crippen molar-refractivity contribution in [1.82, 2.24) is 4.90 Å². The molecular formula is C12H23NO. The Kier molecular flexibility index (Phi) is 3.13. The first kappa shape index (κ1) is 10.4. The summed E-state index contributed by atoms with van der Waals surface area (Å²) in [5, 5.41) is 0. The molecule has 2 atom stereocenters. The van der Waals surface area contributed by atoms with Gasteiger partial charge in [0, 0.05) is 18.1 Å². The van der Waals surface area contributed by atoms with Crippen molar-refractivity contribution in [3.8, 4) is 0 Å². The van der Waals surface area contributed by atoms with Gasteiger partial charge in [-0.2, -0.15) is 0 Å². The second-order valence-electron chi connectivity index (χ2n) is 4.99. The minimum atomic E-state index is 0.517. The third-order valence-electron chi connectivity index (χ3n) is 4.17. The van der Waals surface area contributed by atoms with Crippen LogP contribution in [0.3, 0.4) is 0 Å². The summed E-state index contributed by atoms with van der Waals surface area (Å²) < 4.78 is 5.70. The Labute approximate surface area is 87.6 Å². The highest BCUT2D eigenvalue weighted by atomic mass is 16.5. The zero-order chi connectivity index (χ0) is 10.0. The predicted molar refractivity (Wildman–Crippen MR) is 58.4 cm³/mol. The molecular weight excluding hydrogens is 174 g/mol. The quantitative estimate of drug-likeness (QED) is 0.688. The van der Waals surface area contributed by atoms with E-state index in [1.807, 2.05) is 0 Å². The first-order chi connectivity index (χ1) is 6.78. The van der Waals surface area contributed by atoms with Crippen molar-refractivity contribution in [1.29, 1.82) is 0 Å². The van der Waals surface area contributed by atoms with Crippen LogP contribution in [0.15, 0.2) is 0 Å². The molecule has 0 radical (unpaired) electrons. The van der Waals surface area contributed by atoms with Gasteiger partial charge in [0.15, 0.2) is 0 Å². The Morgan fingerprint density at radius 2 is 2.14 bits per heavy atom. The lowest BCUT2D eigenvalue weighted by atomic mass is 9.76. The Hall–Kier alpha value is -0.0800. The fraction of sp³-hybridized carbons (Fsp3) is 1.00. The van der Waals surface area contributed by atoms with Gasteiger partial charge < -0.3 is 9.64 Å². The number of fused-ring (bicyclic) bond motifs is 1.